The van der Waals surface area contributed by atoms with Crippen LogP contribution in [0.3, 0.4) is 0 Å². The van der Waals surface area contributed by atoms with Gasteiger partial charge < -0.3 is 16.0 Å². The fourth-order valence-electron chi connectivity index (χ4n) is 3.91. The highest BCUT2D eigenvalue weighted by Gasteiger charge is 2.17. The van der Waals surface area contributed by atoms with Crippen LogP contribution in [0.1, 0.15) is 40.1 Å². The average Bonchev–Trinajstić information content (AvgIpc) is 3.02. The summed E-state index contributed by atoms with van der Waals surface area (Å²) in [4.78, 5) is 61.5. The largest absolute Gasteiger partial charge is 0.325 e. The SMILES string of the molecule is CC(=O)c1ccc(NC(=O)C(C)Sc2ccc(NC(=O)/C(=C/c3ccc([N+](=O)[O-])cc3)NC(=O)c3ccccc3)cc2)cc1. The van der Waals surface area contributed by atoms with Crippen molar-refractivity contribution >= 4 is 58.4 Å². The van der Waals surface area contributed by atoms with Crippen LogP contribution in [-0.4, -0.2) is 33.7 Å². The number of nitro groups is 1. The number of carbonyl (C=O) groups is 4. The molecule has 0 saturated carbocycles. The summed E-state index contributed by atoms with van der Waals surface area (Å²) in [6.07, 6.45) is 1.43. The predicted molar refractivity (Wildman–Crippen MR) is 170 cm³/mol. The minimum absolute atomic E-state index is 0.0555. The highest BCUT2D eigenvalue weighted by Crippen LogP contribution is 2.26. The second-order valence-electron chi connectivity index (χ2n) is 9.59. The van der Waals surface area contributed by atoms with Crippen LogP contribution in [-0.2, 0) is 9.59 Å². The van der Waals surface area contributed by atoms with E-state index in [0.717, 1.165) is 4.90 Å². The Morgan fingerprint density at radius 1 is 0.773 bits per heavy atom. The van der Waals surface area contributed by atoms with E-state index in [4.69, 9.17) is 0 Å². The van der Waals surface area contributed by atoms with Crippen LogP contribution < -0.4 is 16.0 Å². The molecule has 0 fully saturated rings. The van der Waals surface area contributed by atoms with Gasteiger partial charge in [-0.3, -0.25) is 29.3 Å². The Morgan fingerprint density at radius 3 is 1.95 bits per heavy atom. The van der Waals surface area contributed by atoms with Crippen LogP contribution in [0.25, 0.3) is 6.08 Å². The van der Waals surface area contributed by atoms with Crippen molar-refractivity contribution in [2.75, 3.05) is 10.6 Å². The van der Waals surface area contributed by atoms with E-state index < -0.39 is 22.0 Å². The molecule has 4 aromatic carbocycles. The molecule has 1 atom stereocenters. The van der Waals surface area contributed by atoms with Crippen LogP contribution in [0.4, 0.5) is 17.1 Å². The number of ketones is 1. The Labute approximate surface area is 257 Å². The lowest BCUT2D eigenvalue weighted by Gasteiger charge is -2.14. The van der Waals surface area contributed by atoms with Gasteiger partial charge in [0.15, 0.2) is 5.78 Å². The maximum Gasteiger partial charge on any atom is 0.272 e. The summed E-state index contributed by atoms with van der Waals surface area (Å²) in [5.74, 6) is -1.36. The lowest BCUT2D eigenvalue weighted by molar-refractivity contribution is -0.384. The number of hydrogen-bond donors (Lipinski definition) is 3. The number of non-ortho nitro benzene ring substituents is 1. The van der Waals surface area contributed by atoms with Crippen LogP contribution in [0.15, 0.2) is 114 Å². The lowest BCUT2D eigenvalue weighted by atomic mass is 10.1. The van der Waals surface area contributed by atoms with Crippen molar-refractivity contribution in [2.45, 2.75) is 24.0 Å². The van der Waals surface area contributed by atoms with Gasteiger partial charge in [0, 0.05) is 39.5 Å². The van der Waals surface area contributed by atoms with E-state index >= 15 is 0 Å². The number of hydrogen-bond acceptors (Lipinski definition) is 7. The van der Waals surface area contributed by atoms with Crippen molar-refractivity contribution in [1.29, 1.82) is 0 Å². The molecule has 11 heteroatoms. The number of nitrogens with one attached hydrogen (secondary N) is 3. The molecule has 0 radical (unpaired) electrons. The van der Waals surface area contributed by atoms with Gasteiger partial charge in [-0.25, -0.2) is 0 Å². The van der Waals surface area contributed by atoms with E-state index in [1.165, 1.54) is 49.0 Å². The van der Waals surface area contributed by atoms with Crippen molar-refractivity contribution in [2.24, 2.45) is 0 Å². The monoisotopic (exact) mass is 608 g/mol. The first-order valence-corrected chi connectivity index (χ1v) is 14.3. The molecule has 10 nitrogen and oxygen atoms in total. The number of anilines is 2. The summed E-state index contributed by atoms with van der Waals surface area (Å²) in [6, 6.07) is 27.5. The third kappa shape index (κ3) is 8.73. The number of thioether (sulfide) groups is 1. The number of benzene rings is 4. The Kier molecular flexibility index (Phi) is 10.4. The van der Waals surface area contributed by atoms with E-state index in [2.05, 4.69) is 16.0 Å². The average molecular weight is 609 g/mol. The number of carbonyl (C=O) groups excluding carboxylic acids is 4. The van der Waals surface area contributed by atoms with E-state index in [1.807, 2.05) is 0 Å². The summed E-state index contributed by atoms with van der Waals surface area (Å²) in [5.41, 5.74) is 2.26. The summed E-state index contributed by atoms with van der Waals surface area (Å²) in [5, 5.41) is 18.8. The maximum atomic E-state index is 13.3. The summed E-state index contributed by atoms with van der Waals surface area (Å²) < 4.78 is 0. The molecule has 0 aliphatic heterocycles. The molecule has 0 aliphatic carbocycles. The smallest absolute Gasteiger partial charge is 0.272 e. The third-order valence-electron chi connectivity index (χ3n) is 6.30. The molecule has 0 aromatic heterocycles. The Hall–Kier alpha value is -5.55. The van der Waals surface area contributed by atoms with Gasteiger partial charge in [-0.15, -0.1) is 11.8 Å². The van der Waals surface area contributed by atoms with Crippen molar-refractivity contribution < 1.29 is 24.1 Å². The first-order chi connectivity index (χ1) is 21.1. The minimum Gasteiger partial charge on any atom is -0.325 e. The van der Waals surface area contributed by atoms with Gasteiger partial charge in [0.05, 0.1) is 10.2 Å². The normalized spacial score (nSPS) is 11.6. The van der Waals surface area contributed by atoms with Gasteiger partial charge in [0.25, 0.3) is 17.5 Å². The zero-order chi connectivity index (χ0) is 31.6. The third-order valence-corrected chi connectivity index (χ3v) is 7.41. The van der Waals surface area contributed by atoms with E-state index in [0.29, 0.717) is 28.1 Å². The molecule has 0 aliphatic rings. The van der Waals surface area contributed by atoms with Crippen LogP contribution in [0, 0.1) is 10.1 Å². The molecular weight excluding hydrogens is 580 g/mol. The van der Waals surface area contributed by atoms with Gasteiger partial charge in [-0.1, -0.05) is 18.2 Å². The molecule has 1 unspecified atom stereocenters. The molecule has 222 valence electrons. The number of Topliss-reactive ketones (excluding diaryl/α,β-unsaturated/α-hetero) is 1. The second-order valence-corrected chi connectivity index (χ2v) is 11.0. The number of nitro benzene ring substituents is 1. The Bertz CT molecular complexity index is 1700. The van der Waals surface area contributed by atoms with Gasteiger partial charge in [-0.2, -0.15) is 0 Å². The highest BCUT2D eigenvalue weighted by atomic mass is 32.2. The van der Waals surface area contributed by atoms with Crippen LogP contribution in [0.5, 0.6) is 0 Å². The van der Waals surface area contributed by atoms with Crippen LogP contribution >= 0.6 is 11.8 Å². The van der Waals surface area contributed by atoms with Crippen molar-refractivity contribution in [1.82, 2.24) is 5.32 Å². The summed E-state index contributed by atoms with van der Waals surface area (Å²) >= 11 is 1.33. The van der Waals surface area contributed by atoms with Gasteiger partial charge in [0.2, 0.25) is 5.91 Å². The number of nitrogens with zero attached hydrogens (tertiary/aromatic N) is 1. The number of rotatable bonds is 11. The van der Waals surface area contributed by atoms with Crippen molar-refractivity contribution in [3.05, 3.63) is 136 Å². The second kappa shape index (κ2) is 14.6. The molecule has 44 heavy (non-hydrogen) atoms. The Morgan fingerprint density at radius 2 is 1.36 bits per heavy atom. The topological polar surface area (TPSA) is 148 Å². The van der Waals surface area contributed by atoms with Crippen molar-refractivity contribution in [3.8, 4) is 0 Å². The molecule has 4 rings (SSSR count). The Balaban J connectivity index is 1.43. The fraction of sp³-hybridized carbons (Fsp3) is 0.0909. The van der Waals surface area contributed by atoms with Gasteiger partial charge >= 0.3 is 0 Å². The molecule has 0 saturated heterocycles. The summed E-state index contributed by atoms with van der Waals surface area (Å²) in [7, 11) is 0. The van der Waals surface area contributed by atoms with Gasteiger partial charge in [0.1, 0.15) is 5.70 Å². The minimum atomic E-state index is -0.600. The first-order valence-electron chi connectivity index (χ1n) is 13.4. The molecule has 3 amide bonds. The predicted octanol–water partition coefficient (Wildman–Crippen LogP) is 6.33. The lowest BCUT2D eigenvalue weighted by Crippen LogP contribution is -2.30. The quantitative estimate of drug-likeness (QED) is 0.0593. The standard InChI is InChI=1S/C33H28N4O6S/c1-21(38)24-10-12-26(13-11-24)34-31(39)22(2)44-29-18-14-27(15-19-29)35-33(41)30(36-32(40)25-6-4-3-5-7-25)20-23-8-16-28(17-9-23)37(42)43/h3-20,22H,1-2H3,(H,34,39)(H,35,41)(H,36,40)/b30-20-. The zero-order valence-corrected chi connectivity index (χ0v) is 24.6. The zero-order valence-electron chi connectivity index (χ0n) is 23.8. The first kappa shape index (κ1) is 31.4. The number of amides is 3. The fourth-order valence-corrected chi connectivity index (χ4v) is 4.77. The van der Waals surface area contributed by atoms with Gasteiger partial charge in [-0.05, 0) is 98.3 Å². The van der Waals surface area contributed by atoms with Crippen molar-refractivity contribution in [3.63, 3.8) is 0 Å². The molecule has 0 bridgehead atoms. The highest BCUT2D eigenvalue weighted by molar-refractivity contribution is 8.00. The van der Waals surface area contributed by atoms with E-state index in [1.54, 1.807) is 85.8 Å². The van der Waals surface area contributed by atoms with Crippen LogP contribution in [0.2, 0.25) is 0 Å². The molecule has 3 N–H and O–H groups in total. The molecule has 0 heterocycles. The molecule has 0 spiro atoms. The summed E-state index contributed by atoms with van der Waals surface area (Å²) in [6.45, 7) is 3.24. The van der Waals surface area contributed by atoms with E-state index in [9.17, 15) is 29.3 Å². The molecular formula is C33H28N4O6S. The maximum absolute atomic E-state index is 13.3. The molecule has 4 aromatic rings. The van der Waals surface area contributed by atoms with E-state index in [-0.39, 0.29) is 23.1 Å².